The first-order chi connectivity index (χ1) is 9.88. The lowest BCUT2D eigenvalue weighted by Crippen LogP contribution is -2.33. The molecule has 0 aromatic heterocycles. The van der Waals surface area contributed by atoms with E-state index < -0.39 is 11.9 Å². The van der Waals surface area contributed by atoms with Crippen LogP contribution in [0.1, 0.15) is 13.8 Å². The van der Waals surface area contributed by atoms with Gasteiger partial charge in [0.15, 0.2) is 11.5 Å². The van der Waals surface area contributed by atoms with Crippen molar-refractivity contribution in [2.24, 2.45) is 5.92 Å². The summed E-state index contributed by atoms with van der Waals surface area (Å²) in [6.45, 7) is 8.50. The summed E-state index contributed by atoms with van der Waals surface area (Å²) in [6, 6.07) is 5.54. The molecule has 1 aromatic rings. The van der Waals surface area contributed by atoms with Gasteiger partial charge in [0.2, 0.25) is 0 Å². The van der Waals surface area contributed by atoms with Gasteiger partial charge in [0.05, 0.1) is 20.1 Å². The minimum absolute atomic E-state index is 0.400. The third-order valence-corrected chi connectivity index (χ3v) is 3.11. The molecule has 1 aromatic carbocycles. The third kappa shape index (κ3) is 4.70. The van der Waals surface area contributed by atoms with Crippen molar-refractivity contribution in [1.82, 2.24) is 0 Å². The molecule has 116 valence electrons. The average Bonchev–Trinajstić information content (AvgIpc) is 2.45. The Kier molecular flexibility index (Phi) is 6.09. The summed E-state index contributed by atoms with van der Waals surface area (Å²) in [5.41, 5.74) is 1.84. The van der Waals surface area contributed by atoms with Gasteiger partial charge in [0.1, 0.15) is 0 Å². The fourth-order valence-corrected chi connectivity index (χ4v) is 2.02. The molecule has 0 heterocycles. The number of aliphatic carboxylic acids is 1. The summed E-state index contributed by atoms with van der Waals surface area (Å²) in [5.74, 6) is -0.0351. The zero-order chi connectivity index (χ0) is 16.0. The summed E-state index contributed by atoms with van der Waals surface area (Å²) in [4.78, 5) is 13.1. The zero-order valence-corrected chi connectivity index (χ0v) is 13.0. The Morgan fingerprint density at radius 2 is 1.95 bits per heavy atom. The van der Waals surface area contributed by atoms with Gasteiger partial charge in [-0.15, -0.1) is 0 Å². The molecule has 0 aliphatic carbocycles. The minimum atomic E-state index is -0.817. The minimum Gasteiger partial charge on any atom is -0.493 e. The lowest BCUT2D eigenvalue weighted by atomic mass is 10.1. The molecule has 5 nitrogen and oxygen atoms in total. The first kappa shape index (κ1) is 16.9. The van der Waals surface area contributed by atoms with Crippen LogP contribution in [-0.2, 0) is 4.79 Å². The van der Waals surface area contributed by atoms with E-state index >= 15 is 0 Å². The van der Waals surface area contributed by atoms with Gasteiger partial charge >= 0.3 is 5.97 Å². The lowest BCUT2D eigenvalue weighted by molar-refractivity contribution is -0.140. The molecule has 1 rings (SSSR count). The van der Waals surface area contributed by atoms with Gasteiger partial charge in [-0.2, -0.15) is 0 Å². The van der Waals surface area contributed by atoms with Crippen molar-refractivity contribution in [2.75, 3.05) is 32.2 Å². The van der Waals surface area contributed by atoms with Crippen molar-refractivity contribution in [3.63, 3.8) is 0 Å². The van der Waals surface area contributed by atoms with Crippen molar-refractivity contribution >= 4 is 11.7 Å². The molecule has 0 spiro atoms. The molecule has 0 saturated carbocycles. The van der Waals surface area contributed by atoms with Gasteiger partial charge in [0.25, 0.3) is 0 Å². The number of ether oxygens (including phenoxy) is 2. The van der Waals surface area contributed by atoms with Crippen LogP contribution >= 0.6 is 0 Å². The summed E-state index contributed by atoms with van der Waals surface area (Å²) in [5, 5.41) is 9.10. The Hall–Kier alpha value is -2.17. The molecule has 0 fully saturated rings. The smallest absolute Gasteiger partial charge is 0.308 e. The molecular weight excluding hydrogens is 270 g/mol. The Morgan fingerprint density at radius 1 is 1.33 bits per heavy atom. The quantitative estimate of drug-likeness (QED) is 0.747. The van der Waals surface area contributed by atoms with Gasteiger partial charge in [-0.05, 0) is 19.1 Å². The van der Waals surface area contributed by atoms with E-state index in [-0.39, 0.29) is 0 Å². The molecule has 1 N–H and O–H groups in total. The standard InChI is InChI=1S/C16H23NO4/c1-11(2)9-17(10-12(3)16(18)19)13-6-7-14(20-4)15(8-13)21-5/h6-8,12H,1,9-10H2,2-5H3,(H,18,19). The predicted molar refractivity (Wildman–Crippen MR) is 83.4 cm³/mol. The number of carboxylic acids is 1. The van der Waals surface area contributed by atoms with Crippen molar-refractivity contribution < 1.29 is 19.4 Å². The van der Waals surface area contributed by atoms with Crippen molar-refractivity contribution in [3.05, 3.63) is 30.4 Å². The lowest BCUT2D eigenvalue weighted by Gasteiger charge is -2.27. The normalized spacial score (nSPS) is 11.6. The van der Waals surface area contributed by atoms with E-state index in [1.807, 2.05) is 30.0 Å². The van der Waals surface area contributed by atoms with Crippen molar-refractivity contribution in [1.29, 1.82) is 0 Å². The van der Waals surface area contributed by atoms with Gasteiger partial charge in [0, 0.05) is 24.8 Å². The highest BCUT2D eigenvalue weighted by molar-refractivity contribution is 5.70. The second kappa shape index (κ2) is 7.57. The number of hydrogen-bond acceptors (Lipinski definition) is 4. The number of methoxy groups -OCH3 is 2. The van der Waals surface area contributed by atoms with E-state index in [0.29, 0.717) is 24.6 Å². The molecule has 0 aliphatic heterocycles. The maximum absolute atomic E-state index is 11.1. The topological polar surface area (TPSA) is 59.0 Å². The number of hydrogen-bond donors (Lipinski definition) is 1. The van der Waals surface area contributed by atoms with Crippen LogP contribution in [0.2, 0.25) is 0 Å². The van der Waals surface area contributed by atoms with Crippen molar-refractivity contribution in [2.45, 2.75) is 13.8 Å². The molecule has 5 heteroatoms. The average molecular weight is 293 g/mol. The third-order valence-electron chi connectivity index (χ3n) is 3.11. The molecule has 1 atom stereocenters. The number of carbonyl (C=O) groups is 1. The van der Waals surface area contributed by atoms with Crippen LogP contribution in [0, 0.1) is 5.92 Å². The Labute approximate surface area is 125 Å². The van der Waals surface area contributed by atoms with E-state index in [1.165, 1.54) is 0 Å². The van der Waals surface area contributed by atoms with Gasteiger partial charge in [-0.25, -0.2) is 0 Å². The van der Waals surface area contributed by atoms with E-state index in [4.69, 9.17) is 14.6 Å². The second-order valence-corrected chi connectivity index (χ2v) is 5.12. The van der Waals surface area contributed by atoms with Crippen LogP contribution in [0.3, 0.4) is 0 Å². The summed E-state index contributed by atoms with van der Waals surface area (Å²) in [7, 11) is 3.15. The van der Waals surface area contributed by atoms with Gasteiger partial charge in [-0.1, -0.05) is 19.1 Å². The largest absolute Gasteiger partial charge is 0.493 e. The highest BCUT2D eigenvalue weighted by atomic mass is 16.5. The molecule has 0 saturated heterocycles. The number of rotatable bonds is 8. The van der Waals surface area contributed by atoms with Gasteiger partial charge < -0.3 is 19.5 Å². The molecule has 0 radical (unpaired) electrons. The zero-order valence-electron chi connectivity index (χ0n) is 13.0. The first-order valence-corrected chi connectivity index (χ1v) is 6.73. The van der Waals surface area contributed by atoms with Crippen LogP contribution in [-0.4, -0.2) is 38.4 Å². The maximum atomic E-state index is 11.1. The van der Waals surface area contributed by atoms with E-state index in [2.05, 4.69) is 6.58 Å². The molecule has 21 heavy (non-hydrogen) atoms. The summed E-state index contributed by atoms with van der Waals surface area (Å²) < 4.78 is 10.5. The number of carboxylic acid groups (broad SMARTS) is 1. The molecule has 1 unspecified atom stereocenters. The van der Waals surface area contributed by atoms with Gasteiger partial charge in [-0.3, -0.25) is 4.79 Å². The Bertz CT molecular complexity index is 513. The fraction of sp³-hybridized carbons (Fsp3) is 0.438. The molecule has 0 aliphatic rings. The van der Waals surface area contributed by atoms with E-state index in [9.17, 15) is 4.79 Å². The van der Waals surface area contributed by atoms with Crippen LogP contribution in [0.25, 0.3) is 0 Å². The monoisotopic (exact) mass is 293 g/mol. The first-order valence-electron chi connectivity index (χ1n) is 6.73. The Balaban J connectivity index is 3.07. The fourth-order valence-electron chi connectivity index (χ4n) is 2.02. The van der Waals surface area contributed by atoms with Crippen molar-refractivity contribution in [3.8, 4) is 11.5 Å². The molecule has 0 bridgehead atoms. The van der Waals surface area contributed by atoms with E-state index in [1.54, 1.807) is 21.1 Å². The van der Waals surface area contributed by atoms with Crippen LogP contribution in [0.5, 0.6) is 11.5 Å². The number of anilines is 1. The van der Waals surface area contributed by atoms with E-state index in [0.717, 1.165) is 11.3 Å². The van der Waals surface area contributed by atoms with Crippen LogP contribution < -0.4 is 14.4 Å². The summed E-state index contributed by atoms with van der Waals surface area (Å²) in [6.07, 6.45) is 0. The summed E-state index contributed by atoms with van der Waals surface area (Å²) >= 11 is 0. The van der Waals surface area contributed by atoms with Crippen LogP contribution in [0.15, 0.2) is 30.4 Å². The molecular formula is C16H23NO4. The number of nitrogens with zero attached hydrogens (tertiary/aromatic N) is 1. The highest BCUT2D eigenvalue weighted by Gasteiger charge is 2.18. The maximum Gasteiger partial charge on any atom is 0.308 e. The second-order valence-electron chi connectivity index (χ2n) is 5.12. The SMILES string of the molecule is C=C(C)CN(CC(C)C(=O)O)c1ccc(OC)c(OC)c1. The van der Waals surface area contributed by atoms with Crippen LogP contribution in [0.4, 0.5) is 5.69 Å². The highest BCUT2D eigenvalue weighted by Crippen LogP contribution is 2.32. The Morgan fingerprint density at radius 3 is 2.43 bits per heavy atom. The predicted octanol–water partition coefficient (Wildman–Crippen LogP) is 2.81. The number of benzene rings is 1. The molecule has 0 amide bonds.